The zero-order valence-corrected chi connectivity index (χ0v) is 11.8. The van der Waals surface area contributed by atoms with Gasteiger partial charge in [0.2, 0.25) is 5.91 Å². The summed E-state index contributed by atoms with van der Waals surface area (Å²) in [7, 11) is -3.65. The fraction of sp³-hybridized carbons (Fsp3) is 0.900. The molecule has 0 aromatic carbocycles. The Hall–Kier alpha value is -0.740. The highest BCUT2D eigenvalue weighted by Gasteiger charge is 2.34. The van der Waals surface area contributed by atoms with Crippen molar-refractivity contribution in [2.45, 2.75) is 12.5 Å². The molecule has 2 fully saturated rings. The van der Waals surface area contributed by atoms with Gasteiger partial charge in [0.25, 0.3) is 10.2 Å². The van der Waals surface area contributed by atoms with Crippen molar-refractivity contribution in [3.8, 4) is 0 Å². The van der Waals surface area contributed by atoms with Crippen molar-refractivity contribution < 1.29 is 17.9 Å². The summed E-state index contributed by atoms with van der Waals surface area (Å²) >= 11 is 0. The Morgan fingerprint density at radius 2 is 1.89 bits per heavy atom. The van der Waals surface area contributed by atoms with Crippen molar-refractivity contribution in [2.24, 2.45) is 5.14 Å². The number of rotatable bonds is 4. The maximum Gasteiger partial charge on any atom is 0.277 e. The van der Waals surface area contributed by atoms with Crippen molar-refractivity contribution in [2.75, 3.05) is 45.9 Å². The lowest BCUT2D eigenvalue weighted by Gasteiger charge is -2.39. The van der Waals surface area contributed by atoms with Gasteiger partial charge in [-0.25, -0.2) is 5.14 Å². The second-order valence-electron chi connectivity index (χ2n) is 5.17. The van der Waals surface area contributed by atoms with E-state index in [0.717, 1.165) is 13.1 Å². The van der Waals surface area contributed by atoms with Gasteiger partial charge < -0.3 is 15.0 Å². The summed E-state index contributed by atoms with van der Waals surface area (Å²) < 4.78 is 29.0. The molecule has 9 heteroatoms. The SMILES string of the molecule is CC1(OCC(=O)N2CCN(S(N)(=O)=O)CC2)CNC1. The van der Waals surface area contributed by atoms with E-state index in [2.05, 4.69) is 5.32 Å². The van der Waals surface area contributed by atoms with Gasteiger partial charge in [0.15, 0.2) is 0 Å². The first kappa shape index (κ1) is 14.7. The Morgan fingerprint density at radius 3 is 2.32 bits per heavy atom. The minimum Gasteiger partial charge on any atom is -0.363 e. The smallest absolute Gasteiger partial charge is 0.277 e. The molecule has 3 N–H and O–H groups in total. The molecular formula is C10H20N4O4S. The molecule has 0 aromatic rings. The summed E-state index contributed by atoms with van der Waals surface area (Å²) in [5.74, 6) is -0.109. The van der Waals surface area contributed by atoms with E-state index in [9.17, 15) is 13.2 Å². The number of carbonyl (C=O) groups is 1. The van der Waals surface area contributed by atoms with E-state index in [4.69, 9.17) is 9.88 Å². The molecule has 2 heterocycles. The number of nitrogens with two attached hydrogens (primary N) is 1. The molecule has 2 aliphatic rings. The molecule has 0 aliphatic carbocycles. The van der Waals surface area contributed by atoms with E-state index in [1.54, 1.807) is 4.90 Å². The summed E-state index contributed by atoms with van der Waals surface area (Å²) in [6, 6.07) is 0. The first-order chi connectivity index (χ1) is 8.80. The number of piperazine rings is 1. The molecule has 0 aromatic heterocycles. The number of carbonyl (C=O) groups excluding carboxylic acids is 1. The molecule has 0 radical (unpaired) electrons. The summed E-state index contributed by atoms with van der Waals surface area (Å²) in [5, 5.41) is 8.13. The van der Waals surface area contributed by atoms with Crippen molar-refractivity contribution in [3.63, 3.8) is 0 Å². The van der Waals surface area contributed by atoms with Crippen LogP contribution in [0.2, 0.25) is 0 Å². The van der Waals surface area contributed by atoms with Crippen LogP contribution in [0, 0.1) is 0 Å². The van der Waals surface area contributed by atoms with Crippen molar-refractivity contribution >= 4 is 16.1 Å². The first-order valence-electron chi connectivity index (χ1n) is 6.20. The van der Waals surface area contributed by atoms with E-state index < -0.39 is 10.2 Å². The van der Waals surface area contributed by atoms with Gasteiger partial charge in [-0.15, -0.1) is 0 Å². The van der Waals surface area contributed by atoms with Crippen LogP contribution < -0.4 is 10.5 Å². The van der Waals surface area contributed by atoms with Crippen LogP contribution in [-0.4, -0.2) is 75.0 Å². The topological polar surface area (TPSA) is 105 Å². The standard InChI is InChI=1S/C10H20N4O4S/c1-10(7-12-8-10)18-6-9(15)13-2-4-14(5-3-13)19(11,16)17/h12H,2-8H2,1H3,(H2,11,16,17). The Kier molecular flexibility index (Phi) is 4.11. The molecule has 0 spiro atoms. The van der Waals surface area contributed by atoms with E-state index >= 15 is 0 Å². The number of hydrogen-bond acceptors (Lipinski definition) is 5. The van der Waals surface area contributed by atoms with E-state index in [0.29, 0.717) is 13.1 Å². The van der Waals surface area contributed by atoms with Gasteiger partial charge in [0.05, 0.1) is 5.60 Å². The second-order valence-corrected chi connectivity index (χ2v) is 6.71. The molecule has 0 bridgehead atoms. The zero-order chi connectivity index (χ0) is 14.1. The average Bonchev–Trinajstić information content (AvgIpc) is 2.33. The normalized spacial score (nSPS) is 24.0. The van der Waals surface area contributed by atoms with Crippen molar-refractivity contribution in [1.82, 2.24) is 14.5 Å². The highest BCUT2D eigenvalue weighted by atomic mass is 32.2. The molecule has 110 valence electrons. The average molecular weight is 292 g/mol. The van der Waals surface area contributed by atoms with Crippen LogP contribution in [-0.2, 0) is 19.7 Å². The third-order valence-corrected chi connectivity index (χ3v) is 4.58. The Morgan fingerprint density at radius 1 is 1.32 bits per heavy atom. The number of amides is 1. The van der Waals surface area contributed by atoms with Crippen LogP contribution in [0.15, 0.2) is 0 Å². The van der Waals surface area contributed by atoms with Gasteiger partial charge in [-0.05, 0) is 6.92 Å². The predicted octanol–water partition coefficient (Wildman–Crippen LogP) is -2.29. The monoisotopic (exact) mass is 292 g/mol. The van der Waals surface area contributed by atoms with Gasteiger partial charge >= 0.3 is 0 Å². The second kappa shape index (κ2) is 5.33. The third kappa shape index (κ3) is 3.63. The number of ether oxygens (including phenoxy) is 1. The molecule has 8 nitrogen and oxygen atoms in total. The number of nitrogens with zero attached hydrogens (tertiary/aromatic N) is 2. The molecule has 2 rings (SSSR count). The Labute approximate surface area is 113 Å². The van der Waals surface area contributed by atoms with Gasteiger partial charge in [-0.2, -0.15) is 12.7 Å². The van der Waals surface area contributed by atoms with Gasteiger partial charge in [-0.1, -0.05) is 0 Å². The van der Waals surface area contributed by atoms with E-state index in [1.165, 1.54) is 4.31 Å². The highest BCUT2D eigenvalue weighted by Crippen LogP contribution is 2.15. The lowest BCUT2D eigenvalue weighted by atomic mass is 10.0. The van der Waals surface area contributed by atoms with Crippen LogP contribution >= 0.6 is 0 Å². The van der Waals surface area contributed by atoms with Gasteiger partial charge in [-0.3, -0.25) is 4.79 Å². The molecule has 0 saturated carbocycles. The van der Waals surface area contributed by atoms with Crippen LogP contribution in [0.5, 0.6) is 0 Å². The maximum atomic E-state index is 11.9. The van der Waals surface area contributed by atoms with Gasteiger partial charge in [0.1, 0.15) is 6.61 Å². The molecule has 2 aliphatic heterocycles. The highest BCUT2D eigenvalue weighted by molar-refractivity contribution is 7.86. The molecule has 19 heavy (non-hydrogen) atoms. The molecule has 0 atom stereocenters. The predicted molar refractivity (Wildman–Crippen MR) is 68.5 cm³/mol. The molecular weight excluding hydrogens is 272 g/mol. The maximum absolute atomic E-state index is 11.9. The number of nitrogens with one attached hydrogen (secondary N) is 1. The quantitative estimate of drug-likeness (QED) is 0.607. The minimum atomic E-state index is -3.65. The lowest BCUT2D eigenvalue weighted by molar-refractivity contribution is -0.147. The van der Waals surface area contributed by atoms with Crippen molar-refractivity contribution in [1.29, 1.82) is 0 Å². The summed E-state index contributed by atoms with van der Waals surface area (Å²) in [4.78, 5) is 13.5. The van der Waals surface area contributed by atoms with Crippen LogP contribution in [0.4, 0.5) is 0 Å². The Bertz CT molecular complexity index is 440. The summed E-state index contributed by atoms with van der Waals surface area (Å²) in [6.07, 6.45) is 0. The van der Waals surface area contributed by atoms with E-state index in [1.807, 2.05) is 6.92 Å². The third-order valence-electron chi connectivity index (χ3n) is 3.49. The summed E-state index contributed by atoms with van der Waals surface area (Å²) in [6.45, 7) is 4.68. The lowest BCUT2D eigenvalue weighted by Crippen LogP contribution is -2.60. The largest absolute Gasteiger partial charge is 0.363 e. The molecule has 1 amide bonds. The van der Waals surface area contributed by atoms with Crippen molar-refractivity contribution in [3.05, 3.63) is 0 Å². The first-order valence-corrected chi connectivity index (χ1v) is 7.71. The van der Waals surface area contributed by atoms with Crippen LogP contribution in [0.25, 0.3) is 0 Å². The minimum absolute atomic E-state index is 0.0353. The number of hydrogen-bond donors (Lipinski definition) is 2. The molecule has 0 unspecified atom stereocenters. The fourth-order valence-corrected chi connectivity index (χ4v) is 2.77. The summed E-state index contributed by atoms with van der Waals surface area (Å²) in [5.41, 5.74) is -0.252. The molecule has 2 saturated heterocycles. The zero-order valence-electron chi connectivity index (χ0n) is 11.0. The van der Waals surface area contributed by atoms with Crippen LogP contribution in [0.3, 0.4) is 0 Å². The van der Waals surface area contributed by atoms with Crippen LogP contribution in [0.1, 0.15) is 6.92 Å². The Balaban J connectivity index is 1.76. The van der Waals surface area contributed by atoms with E-state index in [-0.39, 0.29) is 31.2 Å². The fourth-order valence-electron chi connectivity index (χ4n) is 2.10. The van der Waals surface area contributed by atoms with Gasteiger partial charge in [0, 0.05) is 39.3 Å².